The van der Waals surface area contributed by atoms with Gasteiger partial charge in [-0.2, -0.15) is 4.68 Å². The predicted molar refractivity (Wildman–Crippen MR) is 74.4 cm³/mol. The van der Waals surface area contributed by atoms with Gasteiger partial charge in [-0.25, -0.2) is 0 Å². The highest BCUT2D eigenvalue weighted by atomic mass is 16.6. The molecule has 0 amide bonds. The SMILES string of the molecule is CCCOc1ccc(OCCn2cnc([N+](=O)[O-])n2)cc1. The van der Waals surface area contributed by atoms with Crippen molar-refractivity contribution in [3.05, 3.63) is 40.7 Å². The van der Waals surface area contributed by atoms with Crippen LogP contribution in [0, 0.1) is 10.1 Å². The molecule has 112 valence electrons. The number of rotatable bonds is 8. The van der Waals surface area contributed by atoms with Crippen molar-refractivity contribution in [1.29, 1.82) is 0 Å². The van der Waals surface area contributed by atoms with Crippen molar-refractivity contribution in [2.24, 2.45) is 0 Å². The Bertz CT molecular complexity index is 582. The van der Waals surface area contributed by atoms with Gasteiger partial charge in [0.2, 0.25) is 6.33 Å². The molecule has 1 aromatic heterocycles. The number of hydrogen-bond acceptors (Lipinski definition) is 6. The minimum atomic E-state index is -0.633. The maximum absolute atomic E-state index is 10.4. The highest BCUT2D eigenvalue weighted by molar-refractivity contribution is 5.31. The Hall–Kier alpha value is -2.64. The lowest BCUT2D eigenvalue weighted by molar-refractivity contribution is -0.394. The smallest absolute Gasteiger partial charge is 0.490 e. The Morgan fingerprint density at radius 3 is 2.33 bits per heavy atom. The maximum atomic E-state index is 10.4. The fraction of sp³-hybridized carbons (Fsp3) is 0.385. The molecule has 2 aromatic rings. The van der Waals surface area contributed by atoms with Gasteiger partial charge in [-0.3, -0.25) is 0 Å². The van der Waals surface area contributed by atoms with Gasteiger partial charge in [0.05, 0.1) is 13.2 Å². The first-order chi connectivity index (χ1) is 10.2. The summed E-state index contributed by atoms with van der Waals surface area (Å²) in [5.74, 6) is 1.09. The molecule has 0 bridgehead atoms. The maximum Gasteiger partial charge on any atom is 0.490 e. The second kappa shape index (κ2) is 7.22. The minimum Gasteiger partial charge on any atom is -0.494 e. The van der Waals surface area contributed by atoms with E-state index in [-0.39, 0.29) is 0 Å². The van der Waals surface area contributed by atoms with Crippen LogP contribution in [-0.2, 0) is 6.54 Å². The van der Waals surface area contributed by atoms with E-state index in [0.717, 1.165) is 12.2 Å². The van der Waals surface area contributed by atoms with Crippen LogP contribution < -0.4 is 9.47 Å². The van der Waals surface area contributed by atoms with Gasteiger partial charge < -0.3 is 19.6 Å². The van der Waals surface area contributed by atoms with Gasteiger partial charge in [-0.1, -0.05) is 11.9 Å². The Balaban J connectivity index is 1.78. The third-order valence-corrected chi connectivity index (χ3v) is 2.57. The van der Waals surface area contributed by atoms with Crippen molar-refractivity contribution in [1.82, 2.24) is 14.8 Å². The van der Waals surface area contributed by atoms with Crippen LogP contribution in [0.5, 0.6) is 11.5 Å². The molecule has 0 aliphatic heterocycles. The number of ether oxygens (including phenoxy) is 2. The Kier molecular flexibility index (Phi) is 5.08. The predicted octanol–water partition coefficient (Wildman–Crippen LogP) is 2.05. The standard InChI is InChI=1S/C13H16N4O4/c1-2-8-20-11-3-5-12(6-4-11)21-9-7-16-10-14-13(15-16)17(18)19/h3-6,10H,2,7-9H2,1H3. The van der Waals surface area contributed by atoms with Crippen molar-refractivity contribution >= 4 is 5.95 Å². The molecule has 0 fully saturated rings. The highest BCUT2D eigenvalue weighted by Crippen LogP contribution is 2.17. The molecule has 8 nitrogen and oxygen atoms in total. The van der Waals surface area contributed by atoms with E-state index in [9.17, 15) is 10.1 Å². The molecule has 0 aliphatic carbocycles. The molecule has 0 spiro atoms. The molecule has 0 saturated heterocycles. The first-order valence-electron chi connectivity index (χ1n) is 6.58. The molecule has 1 heterocycles. The van der Waals surface area contributed by atoms with E-state index < -0.39 is 10.9 Å². The summed E-state index contributed by atoms with van der Waals surface area (Å²) in [5.41, 5.74) is 0. The van der Waals surface area contributed by atoms with Gasteiger partial charge in [0.15, 0.2) is 0 Å². The van der Waals surface area contributed by atoms with E-state index >= 15 is 0 Å². The highest BCUT2D eigenvalue weighted by Gasteiger charge is 2.12. The van der Waals surface area contributed by atoms with Crippen LogP contribution in [0.1, 0.15) is 13.3 Å². The van der Waals surface area contributed by atoms with Gasteiger partial charge in [0.1, 0.15) is 18.1 Å². The van der Waals surface area contributed by atoms with Crippen LogP contribution in [0.4, 0.5) is 5.95 Å². The molecular weight excluding hydrogens is 276 g/mol. The van der Waals surface area contributed by atoms with Gasteiger partial charge in [0, 0.05) is 5.10 Å². The summed E-state index contributed by atoms with van der Waals surface area (Å²) in [5, 5.41) is 14.1. The number of benzene rings is 1. The first-order valence-corrected chi connectivity index (χ1v) is 6.58. The minimum absolute atomic E-state index is 0.343. The molecular formula is C13H16N4O4. The van der Waals surface area contributed by atoms with E-state index in [1.165, 1.54) is 11.0 Å². The summed E-state index contributed by atoms with van der Waals surface area (Å²) in [4.78, 5) is 13.4. The molecule has 1 aromatic carbocycles. The van der Waals surface area contributed by atoms with E-state index in [2.05, 4.69) is 10.1 Å². The van der Waals surface area contributed by atoms with Crippen LogP contribution in [0.2, 0.25) is 0 Å². The van der Waals surface area contributed by atoms with Crippen molar-refractivity contribution < 1.29 is 14.4 Å². The lowest BCUT2D eigenvalue weighted by Crippen LogP contribution is -2.09. The average Bonchev–Trinajstić information content (AvgIpc) is 2.95. The molecule has 0 unspecified atom stereocenters. The number of nitro groups is 1. The summed E-state index contributed by atoms with van der Waals surface area (Å²) >= 11 is 0. The zero-order valence-electron chi connectivity index (χ0n) is 11.6. The number of hydrogen-bond donors (Lipinski definition) is 0. The van der Waals surface area contributed by atoms with Crippen molar-refractivity contribution in [2.45, 2.75) is 19.9 Å². The van der Waals surface area contributed by atoms with Gasteiger partial charge >= 0.3 is 5.95 Å². The molecule has 0 N–H and O–H groups in total. The van der Waals surface area contributed by atoms with Crippen LogP contribution in [-0.4, -0.2) is 32.9 Å². The van der Waals surface area contributed by atoms with Crippen molar-refractivity contribution in [3.8, 4) is 11.5 Å². The molecule has 0 saturated carbocycles. The van der Waals surface area contributed by atoms with E-state index in [1.807, 2.05) is 31.2 Å². The molecule has 2 rings (SSSR count). The summed E-state index contributed by atoms with van der Waals surface area (Å²) in [6.07, 6.45) is 2.27. The zero-order valence-corrected chi connectivity index (χ0v) is 11.6. The molecule has 21 heavy (non-hydrogen) atoms. The molecule has 0 atom stereocenters. The lowest BCUT2D eigenvalue weighted by Gasteiger charge is -2.07. The monoisotopic (exact) mass is 292 g/mol. The largest absolute Gasteiger partial charge is 0.494 e. The van der Waals surface area contributed by atoms with Gasteiger partial charge in [0.25, 0.3) is 0 Å². The Labute approximate surface area is 121 Å². The van der Waals surface area contributed by atoms with E-state index in [0.29, 0.717) is 25.5 Å². The van der Waals surface area contributed by atoms with Crippen LogP contribution in [0.25, 0.3) is 0 Å². The van der Waals surface area contributed by atoms with Crippen LogP contribution in [0.3, 0.4) is 0 Å². The average molecular weight is 292 g/mol. The van der Waals surface area contributed by atoms with Crippen molar-refractivity contribution in [3.63, 3.8) is 0 Å². The van der Waals surface area contributed by atoms with E-state index in [1.54, 1.807) is 0 Å². The van der Waals surface area contributed by atoms with Crippen molar-refractivity contribution in [2.75, 3.05) is 13.2 Å². The lowest BCUT2D eigenvalue weighted by atomic mass is 10.3. The number of nitrogens with zero attached hydrogens (tertiary/aromatic N) is 4. The second-order valence-electron chi connectivity index (χ2n) is 4.23. The second-order valence-corrected chi connectivity index (χ2v) is 4.23. The molecule has 0 aliphatic rings. The third kappa shape index (κ3) is 4.44. The Morgan fingerprint density at radius 1 is 1.19 bits per heavy atom. The summed E-state index contributed by atoms with van der Waals surface area (Å²) in [7, 11) is 0. The summed E-state index contributed by atoms with van der Waals surface area (Å²) < 4.78 is 12.4. The molecule has 8 heteroatoms. The quantitative estimate of drug-likeness (QED) is 0.546. The van der Waals surface area contributed by atoms with Gasteiger partial charge in [-0.05, 0) is 35.6 Å². The fourth-order valence-corrected chi connectivity index (χ4v) is 1.59. The Morgan fingerprint density at radius 2 is 1.81 bits per heavy atom. The summed E-state index contributed by atoms with van der Waals surface area (Å²) in [6.45, 7) is 3.46. The first kappa shape index (κ1) is 14.8. The van der Waals surface area contributed by atoms with E-state index in [4.69, 9.17) is 9.47 Å². The third-order valence-electron chi connectivity index (χ3n) is 2.57. The van der Waals surface area contributed by atoms with Gasteiger partial charge in [-0.15, -0.1) is 0 Å². The topological polar surface area (TPSA) is 92.3 Å². The van der Waals surface area contributed by atoms with Crippen LogP contribution in [0.15, 0.2) is 30.6 Å². The fourth-order valence-electron chi connectivity index (χ4n) is 1.59. The summed E-state index contributed by atoms with van der Waals surface area (Å²) in [6, 6.07) is 7.31. The normalized spacial score (nSPS) is 10.3. The number of aromatic nitrogens is 3. The van der Waals surface area contributed by atoms with Crippen LogP contribution >= 0.6 is 0 Å². The zero-order chi connectivity index (χ0) is 15.1. The molecule has 0 radical (unpaired) electrons.